The summed E-state index contributed by atoms with van der Waals surface area (Å²) in [4.78, 5) is 30.7. The molecule has 2 aromatic carbocycles. The minimum absolute atomic E-state index is 0.0593. The molecule has 2 aliphatic rings. The first-order chi connectivity index (χ1) is 15.3. The van der Waals surface area contributed by atoms with Crippen molar-refractivity contribution in [3.8, 4) is 5.75 Å². The number of halogens is 1. The summed E-state index contributed by atoms with van der Waals surface area (Å²) in [5, 5.41) is 0.574. The normalized spacial score (nSPS) is 17.7. The number of carbonyl (C=O) groups excluding carboxylic acids is 2. The Balaban J connectivity index is 1.78. The molecule has 1 fully saturated rings. The number of ether oxygens (including phenoxy) is 1. The highest BCUT2D eigenvalue weighted by Crippen LogP contribution is 2.38. The fourth-order valence-electron chi connectivity index (χ4n) is 4.36. The van der Waals surface area contributed by atoms with Crippen molar-refractivity contribution < 1.29 is 14.3 Å². The lowest BCUT2D eigenvalue weighted by molar-refractivity contribution is -0.120. The zero-order chi connectivity index (χ0) is 23.0. The fourth-order valence-corrected chi connectivity index (χ4v) is 4.59. The number of carbonyl (C=O) groups is 2. The van der Waals surface area contributed by atoms with E-state index in [1.807, 2.05) is 45.0 Å². The third-order valence-electron chi connectivity index (χ3n) is 6.07. The maximum absolute atomic E-state index is 13.7. The Morgan fingerprint density at radius 2 is 1.66 bits per heavy atom. The quantitative estimate of drug-likeness (QED) is 0.566. The number of imide groups is 1. The molecule has 5 nitrogen and oxygen atoms in total. The van der Waals surface area contributed by atoms with Crippen molar-refractivity contribution in [1.29, 1.82) is 0 Å². The van der Waals surface area contributed by atoms with E-state index in [1.165, 1.54) is 4.90 Å². The molecule has 6 heteroatoms. The number of anilines is 1. The highest BCUT2D eigenvalue weighted by molar-refractivity contribution is 6.45. The van der Waals surface area contributed by atoms with Gasteiger partial charge in [-0.15, -0.1) is 0 Å². The van der Waals surface area contributed by atoms with Crippen molar-refractivity contribution in [2.24, 2.45) is 5.92 Å². The van der Waals surface area contributed by atoms with Crippen LogP contribution in [0.25, 0.3) is 5.57 Å². The molecule has 0 saturated carbocycles. The van der Waals surface area contributed by atoms with Gasteiger partial charge in [0.05, 0.1) is 17.4 Å². The number of aryl methyl sites for hydroxylation is 1. The number of rotatable bonds is 5. The monoisotopic (exact) mass is 452 g/mol. The van der Waals surface area contributed by atoms with Crippen LogP contribution in [0.2, 0.25) is 5.02 Å². The molecule has 0 aliphatic carbocycles. The van der Waals surface area contributed by atoms with Crippen LogP contribution in [-0.2, 0) is 9.59 Å². The Hall–Kier alpha value is -2.79. The molecule has 0 spiro atoms. The van der Waals surface area contributed by atoms with Gasteiger partial charge in [0.15, 0.2) is 0 Å². The zero-order valence-electron chi connectivity index (χ0n) is 19.0. The summed E-state index contributed by atoms with van der Waals surface area (Å²) in [6.45, 7) is 9.56. The van der Waals surface area contributed by atoms with Gasteiger partial charge in [0.2, 0.25) is 0 Å². The lowest BCUT2D eigenvalue weighted by Gasteiger charge is -2.32. The number of likely N-dealkylation sites (tertiary alicyclic amines) is 1. The molecule has 2 heterocycles. The van der Waals surface area contributed by atoms with Crippen molar-refractivity contribution in [1.82, 2.24) is 4.90 Å². The fraction of sp³-hybridized carbons (Fsp3) is 0.385. The van der Waals surface area contributed by atoms with Crippen LogP contribution in [0, 0.1) is 12.8 Å². The molecule has 2 aromatic rings. The van der Waals surface area contributed by atoms with E-state index in [1.54, 1.807) is 18.2 Å². The van der Waals surface area contributed by atoms with Crippen LogP contribution >= 0.6 is 11.6 Å². The van der Waals surface area contributed by atoms with Gasteiger partial charge in [-0.1, -0.05) is 30.7 Å². The van der Waals surface area contributed by atoms with Gasteiger partial charge in [0, 0.05) is 18.1 Å². The van der Waals surface area contributed by atoms with Gasteiger partial charge in [0.25, 0.3) is 11.8 Å². The summed E-state index contributed by atoms with van der Waals surface area (Å²) in [5.74, 6) is 0.781. The van der Waals surface area contributed by atoms with E-state index in [0.29, 0.717) is 27.9 Å². The molecule has 0 unspecified atom stereocenters. The third kappa shape index (κ3) is 4.26. The van der Waals surface area contributed by atoms with Gasteiger partial charge in [0.1, 0.15) is 11.4 Å². The van der Waals surface area contributed by atoms with E-state index < -0.39 is 0 Å². The lowest BCUT2D eigenvalue weighted by atomic mass is 9.97. The molecule has 2 amide bonds. The Labute approximate surface area is 194 Å². The van der Waals surface area contributed by atoms with Gasteiger partial charge < -0.3 is 9.64 Å². The van der Waals surface area contributed by atoms with Crippen molar-refractivity contribution in [3.63, 3.8) is 0 Å². The molecular weight excluding hydrogens is 424 g/mol. The Bertz CT molecular complexity index is 1070. The Morgan fingerprint density at radius 1 is 1.00 bits per heavy atom. The Kier molecular flexibility index (Phi) is 6.29. The molecule has 168 valence electrons. The summed E-state index contributed by atoms with van der Waals surface area (Å²) < 4.78 is 5.75. The summed E-state index contributed by atoms with van der Waals surface area (Å²) in [6.07, 6.45) is 2.06. The predicted molar refractivity (Wildman–Crippen MR) is 128 cm³/mol. The van der Waals surface area contributed by atoms with E-state index >= 15 is 0 Å². The van der Waals surface area contributed by atoms with E-state index in [-0.39, 0.29) is 17.9 Å². The summed E-state index contributed by atoms with van der Waals surface area (Å²) in [6, 6.07) is 12.7. The van der Waals surface area contributed by atoms with Crippen molar-refractivity contribution in [3.05, 3.63) is 64.3 Å². The zero-order valence-corrected chi connectivity index (χ0v) is 19.8. The van der Waals surface area contributed by atoms with Crippen LogP contribution in [0.3, 0.4) is 0 Å². The lowest BCUT2D eigenvalue weighted by Crippen LogP contribution is -2.38. The van der Waals surface area contributed by atoms with Crippen LogP contribution in [-0.4, -0.2) is 35.9 Å². The number of piperidine rings is 1. The first-order valence-corrected chi connectivity index (χ1v) is 11.5. The van der Waals surface area contributed by atoms with Crippen LogP contribution < -0.4 is 9.64 Å². The summed E-state index contributed by atoms with van der Waals surface area (Å²) in [7, 11) is 0. The number of amides is 2. The molecule has 32 heavy (non-hydrogen) atoms. The van der Waals surface area contributed by atoms with E-state index in [4.69, 9.17) is 16.3 Å². The predicted octanol–water partition coefficient (Wildman–Crippen LogP) is 5.45. The third-order valence-corrected chi connectivity index (χ3v) is 6.31. The standard InChI is InChI=1S/C26H29ClN2O3/c1-16(2)32-21-8-5-19(6-9-21)23-24(28-13-11-17(3)12-14-28)26(31)29(25(23)30)22-10-7-20(27)15-18(22)4/h5-10,15-17H,11-14H2,1-4H3. The van der Waals surface area contributed by atoms with E-state index in [0.717, 1.165) is 42.8 Å². The summed E-state index contributed by atoms with van der Waals surface area (Å²) >= 11 is 6.12. The SMILES string of the molecule is Cc1cc(Cl)ccc1N1C(=O)C(c2ccc(OC(C)C)cc2)=C(N2CCC(C)CC2)C1=O. The highest BCUT2D eigenvalue weighted by atomic mass is 35.5. The smallest absolute Gasteiger partial charge is 0.282 e. The molecule has 4 rings (SSSR count). The van der Waals surface area contributed by atoms with Gasteiger partial charge in [-0.05, 0) is 81.0 Å². The van der Waals surface area contributed by atoms with E-state index in [9.17, 15) is 9.59 Å². The largest absolute Gasteiger partial charge is 0.491 e. The molecule has 2 aliphatic heterocycles. The molecule has 0 bridgehead atoms. The van der Waals surface area contributed by atoms with Crippen LogP contribution in [0.5, 0.6) is 5.75 Å². The molecule has 0 N–H and O–H groups in total. The first-order valence-electron chi connectivity index (χ1n) is 11.2. The van der Waals surface area contributed by atoms with Gasteiger partial charge in [-0.3, -0.25) is 9.59 Å². The average molecular weight is 453 g/mol. The minimum Gasteiger partial charge on any atom is -0.491 e. The molecule has 1 saturated heterocycles. The molecule has 0 atom stereocenters. The number of hydrogen-bond donors (Lipinski definition) is 0. The topological polar surface area (TPSA) is 49.9 Å². The Morgan fingerprint density at radius 3 is 2.25 bits per heavy atom. The van der Waals surface area contributed by atoms with Crippen LogP contribution in [0.4, 0.5) is 5.69 Å². The number of hydrogen-bond acceptors (Lipinski definition) is 4. The van der Waals surface area contributed by atoms with Crippen molar-refractivity contribution in [2.45, 2.75) is 46.6 Å². The second-order valence-electron chi connectivity index (χ2n) is 8.96. The van der Waals surface area contributed by atoms with Gasteiger partial charge in [-0.25, -0.2) is 4.90 Å². The number of benzene rings is 2. The molecule has 0 aromatic heterocycles. The van der Waals surface area contributed by atoms with E-state index in [2.05, 4.69) is 11.8 Å². The maximum atomic E-state index is 13.7. The van der Waals surface area contributed by atoms with Gasteiger partial charge >= 0.3 is 0 Å². The first kappa shape index (κ1) is 22.4. The highest BCUT2D eigenvalue weighted by Gasteiger charge is 2.43. The van der Waals surface area contributed by atoms with Crippen molar-refractivity contribution >= 4 is 34.7 Å². The molecular formula is C26H29ClN2O3. The number of nitrogens with zero attached hydrogens (tertiary/aromatic N) is 2. The second-order valence-corrected chi connectivity index (χ2v) is 9.40. The average Bonchev–Trinajstić information content (AvgIpc) is 2.99. The minimum atomic E-state index is -0.299. The van der Waals surface area contributed by atoms with Gasteiger partial charge in [-0.2, -0.15) is 0 Å². The van der Waals surface area contributed by atoms with Crippen LogP contribution in [0.15, 0.2) is 48.2 Å². The second kappa shape index (κ2) is 8.99. The van der Waals surface area contributed by atoms with Crippen LogP contribution in [0.1, 0.15) is 44.7 Å². The molecule has 0 radical (unpaired) electrons. The van der Waals surface area contributed by atoms with Crippen molar-refractivity contribution in [2.75, 3.05) is 18.0 Å². The summed E-state index contributed by atoms with van der Waals surface area (Å²) in [5.41, 5.74) is 3.03. The maximum Gasteiger partial charge on any atom is 0.282 e.